The van der Waals surface area contributed by atoms with Crippen molar-refractivity contribution in [3.8, 4) is 28.8 Å². The molecule has 3 aromatic rings. The van der Waals surface area contributed by atoms with Gasteiger partial charge >= 0.3 is 0 Å². The Kier molecular flexibility index (Phi) is 5.27. The highest BCUT2D eigenvalue weighted by Gasteiger charge is 2.09. The summed E-state index contributed by atoms with van der Waals surface area (Å²) < 4.78 is 7.45. The number of nitrogens with zero attached hydrogens (tertiary/aromatic N) is 4. The lowest BCUT2D eigenvalue weighted by atomic mass is 10.0. The maximum atomic E-state index is 5.97. The van der Waals surface area contributed by atoms with E-state index in [0.29, 0.717) is 24.2 Å². The smallest absolute Gasteiger partial charge is 0.222 e. The van der Waals surface area contributed by atoms with Crippen LogP contribution < -0.4 is 16.2 Å². The van der Waals surface area contributed by atoms with Crippen LogP contribution in [0, 0.1) is 11.8 Å². The van der Waals surface area contributed by atoms with E-state index in [-0.39, 0.29) is 5.95 Å². The maximum absolute atomic E-state index is 5.97. The molecule has 2 heterocycles. The highest BCUT2D eigenvalue weighted by molar-refractivity contribution is 5.63. The van der Waals surface area contributed by atoms with E-state index < -0.39 is 0 Å². The van der Waals surface area contributed by atoms with Crippen molar-refractivity contribution in [3.05, 3.63) is 47.5 Å². The Bertz CT molecular complexity index is 1030. The second-order valence-corrected chi connectivity index (χ2v) is 6.04. The highest BCUT2D eigenvalue weighted by Crippen LogP contribution is 2.26. The molecule has 0 atom stereocenters. The molecular weight excluding hydrogens is 340 g/mol. The molecule has 138 valence electrons. The molecule has 0 aliphatic carbocycles. The number of methoxy groups -OCH3 is 1. The van der Waals surface area contributed by atoms with Crippen molar-refractivity contribution in [2.24, 2.45) is 7.05 Å². The molecular formula is C20H22N6O. The molecule has 0 saturated heterocycles. The molecule has 0 unspecified atom stereocenters. The summed E-state index contributed by atoms with van der Waals surface area (Å²) in [6.07, 6.45) is 4.79. The molecule has 0 aliphatic heterocycles. The Morgan fingerprint density at radius 1 is 1.22 bits per heavy atom. The summed E-state index contributed by atoms with van der Waals surface area (Å²) in [7, 11) is 3.61. The summed E-state index contributed by atoms with van der Waals surface area (Å²) in [5.74, 6) is 7.52. The summed E-state index contributed by atoms with van der Waals surface area (Å²) >= 11 is 0. The van der Waals surface area contributed by atoms with Crippen LogP contribution >= 0.6 is 0 Å². The number of aryl methyl sites for hydroxylation is 2. The van der Waals surface area contributed by atoms with E-state index in [9.17, 15) is 0 Å². The van der Waals surface area contributed by atoms with Crippen LogP contribution in [0.5, 0.6) is 5.75 Å². The Morgan fingerprint density at radius 2 is 2.04 bits per heavy atom. The lowest BCUT2D eigenvalue weighted by Gasteiger charge is -2.09. The zero-order chi connectivity index (χ0) is 19.4. The molecule has 4 N–H and O–H groups in total. The van der Waals surface area contributed by atoms with Crippen LogP contribution in [-0.2, 0) is 19.9 Å². The van der Waals surface area contributed by atoms with E-state index in [0.717, 1.165) is 28.3 Å². The summed E-state index contributed by atoms with van der Waals surface area (Å²) in [4.78, 5) is 12.4. The van der Waals surface area contributed by atoms with Gasteiger partial charge in [0.2, 0.25) is 5.95 Å². The van der Waals surface area contributed by atoms with Gasteiger partial charge in [-0.25, -0.2) is 9.97 Å². The molecule has 7 nitrogen and oxygen atoms in total. The number of rotatable bonds is 4. The maximum Gasteiger partial charge on any atom is 0.222 e. The molecule has 0 amide bonds. The third kappa shape index (κ3) is 3.85. The average Bonchev–Trinajstić information content (AvgIpc) is 3.08. The van der Waals surface area contributed by atoms with Crippen molar-refractivity contribution in [2.45, 2.75) is 19.8 Å². The Morgan fingerprint density at radius 3 is 2.70 bits per heavy atom. The third-order valence-electron chi connectivity index (χ3n) is 4.25. The van der Waals surface area contributed by atoms with Gasteiger partial charge < -0.3 is 20.8 Å². The lowest BCUT2D eigenvalue weighted by Crippen LogP contribution is -2.06. The van der Waals surface area contributed by atoms with Crippen molar-refractivity contribution in [2.75, 3.05) is 18.6 Å². The van der Waals surface area contributed by atoms with Crippen LogP contribution in [-0.4, -0.2) is 26.6 Å². The van der Waals surface area contributed by atoms with Crippen LogP contribution in [0.15, 0.2) is 30.7 Å². The zero-order valence-corrected chi connectivity index (χ0v) is 15.7. The SMILES string of the molecule is CCc1nc(N)nc(N)c1C#CCc1cc(-c2cncn2C)ccc1OC. The monoisotopic (exact) mass is 362 g/mol. The third-order valence-corrected chi connectivity index (χ3v) is 4.25. The number of benzene rings is 1. The van der Waals surface area contributed by atoms with Crippen molar-refractivity contribution in [3.63, 3.8) is 0 Å². The Hall–Kier alpha value is -3.53. The number of aromatic nitrogens is 4. The average molecular weight is 362 g/mol. The molecule has 7 heteroatoms. The molecule has 0 radical (unpaired) electrons. The fraction of sp³-hybridized carbons (Fsp3) is 0.250. The Balaban J connectivity index is 1.93. The van der Waals surface area contributed by atoms with Crippen molar-refractivity contribution >= 4 is 11.8 Å². The van der Waals surface area contributed by atoms with Gasteiger partial charge in [-0.05, 0) is 24.6 Å². The van der Waals surface area contributed by atoms with Crippen molar-refractivity contribution < 1.29 is 4.74 Å². The van der Waals surface area contributed by atoms with Gasteiger partial charge in [-0.3, -0.25) is 0 Å². The minimum absolute atomic E-state index is 0.167. The van der Waals surface area contributed by atoms with Gasteiger partial charge in [0, 0.05) is 24.6 Å². The fourth-order valence-corrected chi connectivity index (χ4v) is 2.88. The summed E-state index contributed by atoms with van der Waals surface area (Å²) in [6, 6.07) is 6.01. The summed E-state index contributed by atoms with van der Waals surface area (Å²) in [5, 5.41) is 0. The molecule has 0 bridgehead atoms. The van der Waals surface area contributed by atoms with Gasteiger partial charge in [0.15, 0.2) is 0 Å². The van der Waals surface area contributed by atoms with E-state index in [1.807, 2.05) is 36.9 Å². The number of anilines is 2. The van der Waals surface area contributed by atoms with Crippen LogP contribution in [0.1, 0.15) is 23.7 Å². The molecule has 27 heavy (non-hydrogen) atoms. The predicted octanol–water partition coefficient (Wildman–Crippen LogP) is 2.21. The minimum atomic E-state index is 0.167. The van der Waals surface area contributed by atoms with E-state index >= 15 is 0 Å². The Labute approximate surface area is 158 Å². The minimum Gasteiger partial charge on any atom is -0.496 e. The molecule has 1 aromatic carbocycles. The molecule has 3 rings (SSSR count). The molecule has 2 aromatic heterocycles. The van der Waals surface area contributed by atoms with Gasteiger partial charge in [-0.2, -0.15) is 4.98 Å². The standard InChI is InChI=1S/C20H22N6O/c1-4-16-15(19(21)25-20(22)24-16)7-5-6-14-10-13(8-9-18(14)27-3)17-11-23-12-26(17)2/h8-12H,4,6H2,1-3H3,(H4,21,22,24,25). The number of nitrogen functional groups attached to an aromatic ring is 2. The lowest BCUT2D eigenvalue weighted by molar-refractivity contribution is 0.411. The van der Waals surface area contributed by atoms with Gasteiger partial charge in [-0.1, -0.05) is 18.8 Å². The van der Waals surface area contributed by atoms with E-state index in [1.54, 1.807) is 13.4 Å². The van der Waals surface area contributed by atoms with Gasteiger partial charge in [0.1, 0.15) is 11.6 Å². The fourth-order valence-electron chi connectivity index (χ4n) is 2.88. The van der Waals surface area contributed by atoms with Gasteiger partial charge in [-0.15, -0.1) is 0 Å². The molecule has 0 fully saturated rings. The largest absolute Gasteiger partial charge is 0.496 e. The number of ether oxygens (including phenoxy) is 1. The van der Waals surface area contributed by atoms with E-state index in [2.05, 4.69) is 32.9 Å². The van der Waals surface area contributed by atoms with Gasteiger partial charge in [0.05, 0.1) is 36.6 Å². The second kappa shape index (κ2) is 7.79. The van der Waals surface area contributed by atoms with E-state index in [4.69, 9.17) is 16.2 Å². The predicted molar refractivity (Wildman–Crippen MR) is 106 cm³/mol. The molecule has 0 spiro atoms. The highest BCUT2D eigenvalue weighted by atomic mass is 16.5. The first-order valence-corrected chi connectivity index (χ1v) is 8.57. The quantitative estimate of drug-likeness (QED) is 0.690. The first-order chi connectivity index (χ1) is 13.0. The second-order valence-electron chi connectivity index (χ2n) is 6.04. The topological polar surface area (TPSA) is 105 Å². The zero-order valence-electron chi connectivity index (χ0n) is 15.7. The van der Waals surface area contributed by atoms with Crippen LogP contribution in [0.25, 0.3) is 11.3 Å². The number of imidazole rings is 1. The van der Waals surface area contributed by atoms with Gasteiger partial charge in [0.25, 0.3) is 0 Å². The number of hydrogen-bond donors (Lipinski definition) is 2. The summed E-state index contributed by atoms with van der Waals surface area (Å²) in [6.45, 7) is 1.98. The number of hydrogen-bond acceptors (Lipinski definition) is 6. The van der Waals surface area contributed by atoms with Crippen LogP contribution in [0.4, 0.5) is 11.8 Å². The van der Waals surface area contributed by atoms with Crippen LogP contribution in [0.3, 0.4) is 0 Å². The summed E-state index contributed by atoms with van der Waals surface area (Å²) in [5.41, 5.74) is 16.1. The first-order valence-electron chi connectivity index (χ1n) is 8.57. The number of nitrogens with two attached hydrogens (primary N) is 2. The molecule has 0 aliphatic rings. The molecule has 0 saturated carbocycles. The normalized spacial score (nSPS) is 10.3. The van der Waals surface area contributed by atoms with E-state index in [1.165, 1.54) is 0 Å². The van der Waals surface area contributed by atoms with Crippen molar-refractivity contribution in [1.82, 2.24) is 19.5 Å². The first kappa shape index (κ1) is 18.3. The van der Waals surface area contributed by atoms with Crippen LogP contribution in [0.2, 0.25) is 0 Å². The van der Waals surface area contributed by atoms with Crippen molar-refractivity contribution in [1.29, 1.82) is 0 Å².